The first-order chi connectivity index (χ1) is 21.7. The molecule has 1 aliphatic heterocycles. The van der Waals surface area contributed by atoms with Crippen molar-refractivity contribution >= 4 is 58.6 Å². The van der Waals surface area contributed by atoms with E-state index in [2.05, 4.69) is 21.2 Å². The van der Waals surface area contributed by atoms with E-state index in [-0.39, 0.29) is 19.8 Å². The average molecular weight is 672 g/mol. The maximum Gasteiger partial charge on any atom is 0.338 e. The highest BCUT2D eigenvalue weighted by molar-refractivity contribution is 7.80. The standard InChI is InChI=1S/C32H32Cl2N4O6S/c1-4-41-26-15-21(14-24(34)30(26)44-17-20-9-8-10-22(33)13-20)16-35-38-27(39)18-43-25-12-7-6-11-23(25)29-28(31(40)42-5-2)19(3)36-32(45)37-29/h6-16,29H,4-5,17-18H2,1-3H3,(H,38,39)(H2,36,37,45)/t29-/m1/s1. The van der Waals surface area contributed by atoms with Gasteiger partial charge in [0.2, 0.25) is 0 Å². The number of para-hydroxylation sites is 1. The fraction of sp³-hybridized carbons (Fsp3) is 0.250. The molecule has 1 atom stereocenters. The number of thiocarbonyl (C=S) groups is 1. The number of nitrogens with one attached hydrogen (secondary N) is 3. The molecule has 45 heavy (non-hydrogen) atoms. The van der Waals surface area contributed by atoms with Gasteiger partial charge in [-0.3, -0.25) is 4.79 Å². The van der Waals surface area contributed by atoms with Crippen molar-refractivity contribution in [3.8, 4) is 17.2 Å². The Hall–Kier alpha value is -4.32. The van der Waals surface area contributed by atoms with Crippen LogP contribution in [-0.4, -0.2) is 43.0 Å². The zero-order valence-electron chi connectivity index (χ0n) is 24.8. The monoisotopic (exact) mass is 670 g/mol. The maximum absolute atomic E-state index is 12.8. The lowest BCUT2D eigenvalue weighted by Crippen LogP contribution is -2.45. The van der Waals surface area contributed by atoms with Crippen LogP contribution in [-0.2, 0) is 20.9 Å². The van der Waals surface area contributed by atoms with E-state index in [1.165, 1.54) is 6.21 Å². The molecule has 0 saturated heterocycles. The van der Waals surface area contributed by atoms with Crippen LogP contribution >= 0.6 is 35.4 Å². The van der Waals surface area contributed by atoms with Crippen LogP contribution in [0.25, 0.3) is 0 Å². The van der Waals surface area contributed by atoms with Crippen LogP contribution in [0.5, 0.6) is 17.2 Å². The summed E-state index contributed by atoms with van der Waals surface area (Å²) in [6, 6.07) is 17.1. The Morgan fingerprint density at radius 2 is 1.80 bits per heavy atom. The summed E-state index contributed by atoms with van der Waals surface area (Å²) in [6.45, 7) is 5.82. The molecule has 0 saturated carbocycles. The van der Waals surface area contributed by atoms with Gasteiger partial charge >= 0.3 is 5.97 Å². The highest BCUT2D eigenvalue weighted by atomic mass is 35.5. The van der Waals surface area contributed by atoms with E-state index in [0.717, 1.165) is 5.56 Å². The van der Waals surface area contributed by atoms with Crippen LogP contribution < -0.4 is 30.3 Å². The van der Waals surface area contributed by atoms with Crippen molar-refractivity contribution in [3.63, 3.8) is 0 Å². The van der Waals surface area contributed by atoms with E-state index >= 15 is 0 Å². The normalized spacial score (nSPS) is 14.4. The van der Waals surface area contributed by atoms with Crippen LogP contribution in [0.4, 0.5) is 0 Å². The molecule has 1 amide bonds. The van der Waals surface area contributed by atoms with Crippen molar-refractivity contribution in [1.29, 1.82) is 0 Å². The number of allylic oxidation sites excluding steroid dienone is 1. The van der Waals surface area contributed by atoms with Gasteiger partial charge in [0.15, 0.2) is 23.2 Å². The number of hydrogen-bond acceptors (Lipinski definition) is 8. The number of hydrazone groups is 1. The zero-order valence-corrected chi connectivity index (χ0v) is 27.1. The molecule has 0 aromatic heterocycles. The molecule has 1 aliphatic rings. The molecule has 0 unspecified atom stereocenters. The van der Waals surface area contributed by atoms with Crippen LogP contribution in [0.3, 0.4) is 0 Å². The van der Waals surface area contributed by atoms with Crippen LogP contribution in [0.2, 0.25) is 10.0 Å². The Bertz CT molecular complexity index is 1630. The van der Waals surface area contributed by atoms with E-state index in [1.807, 2.05) is 19.1 Å². The number of halogens is 2. The predicted molar refractivity (Wildman–Crippen MR) is 177 cm³/mol. The summed E-state index contributed by atoms with van der Waals surface area (Å²) in [7, 11) is 0. The van der Waals surface area contributed by atoms with E-state index in [9.17, 15) is 9.59 Å². The number of benzene rings is 3. The lowest BCUT2D eigenvalue weighted by atomic mass is 9.95. The second kappa shape index (κ2) is 16.1. The Balaban J connectivity index is 1.41. The van der Waals surface area contributed by atoms with E-state index in [4.69, 9.17) is 54.4 Å². The van der Waals surface area contributed by atoms with Gasteiger partial charge in [-0.25, -0.2) is 10.2 Å². The number of rotatable bonds is 13. The summed E-state index contributed by atoms with van der Waals surface area (Å²) in [6.07, 6.45) is 1.43. The van der Waals surface area contributed by atoms with Gasteiger partial charge in [0.05, 0.1) is 36.1 Å². The van der Waals surface area contributed by atoms with Gasteiger partial charge in [0.25, 0.3) is 5.91 Å². The van der Waals surface area contributed by atoms with E-state index in [1.54, 1.807) is 62.4 Å². The molecule has 1 heterocycles. The first-order valence-corrected chi connectivity index (χ1v) is 15.2. The predicted octanol–water partition coefficient (Wildman–Crippen LogP) is 5.86. The highest BCUT2D eigenvalue weighted by Crippen LogP contribution is 2.37. The number of hydrogen-bond donors (Lipinski definition) is 3. The van der Waals surface area contributed by atoms with E-state index in [0.29, 0.717) is 61.4 Å². The summed E-state index contributed by atoms with van der Waals surface area (Å²) < 4.78 is 22.8. The second-order valence-electron chi connectivity index (χ2n) is 9.59. The van der Waals surface area contributed by atoms with Gasteiger partial charge in [-0.1, -0.05) is 53.5 Å². The van der Waals surface area contributed by atoms with Crippen LogP contribution in [0.15, 0.2) is 77.0 Å². The lowest BCUT2D eigenvalue weighted by molar-refractivity contribution is -0.139. The third kappa shape index (κ3) is 9.10. The minimum absolute atomic E-state index is 0.215. The van der Waals surface area contributed by atoms with E-state index < -0.39 is 17.9 Å². The average Bonchev–Trinajstić information content (AvgIpc) is 2.99. The molecule has 0 spiro atoms. The third-order valence-electron chi connectivity index (χ3n) is 6.36. The Kier molecular flexibility index (Phi) is 12.0. The number of carbonyl (C=O) groups is 2. The minimum atomic E-state index is -0.642. The third-order valence-corrected chi connectivity index (χ3v) is 7.10. The molecule has 3 aromatic carbocycles. The molecule has 10 nitrogen and oxygen atoms in total. The zero-order chi connectivity index (χ0) is 32.3. The summed E-state index contributed by atoms with van der Waals surface area (Å²) in [4.78, 5) is 25.4. The molecule has 3 aromatic rings. The topological polar surface area (TPSA) is 120 Å². The van der Waals surface area contributed by atoms with Crippen molar-refractivity contribution in [2.75, 3.05) is 19.8 Å². The fourth-order valence-electron chi connectivity index (χ4n) is 4.46. The van der Waals surface area contributed by atoms with Gasteiger partial charge in [-0.2, -0.15) is 5.10 Å². The largest absolute Gasteiger partial charge is 0.490 e. The SMILES string of the molecule is CCOC(=O)C1=C(C)NC(=S)N[C@@H]1c1ccccc1OCC(=O)NN=Cc1cc(Cl)c(OCc2cccc(Cl)c2)c(OCC)c1. The summed E-state index contributed by atoms with van der Waals surface area (Å²) in [5, 5.41) is 11.4. The number of amides is 1. The highest BCUT2D eigenvalue weighted by Gasteiger charge is 2.32. The molecule has 0 fully saturated rings. The molecule has 0 bridgehead atoms. The molecule has 13 heteroatoms. The van der Waals surface area contributed by atoms with Gasteiger partial charge in [-0.05, 0) is 74.4 Å². The lowest BCUT2D eigenvalue weighted by Gasteiger charge is -2.30. The van der Waals surface area contributed by atoms with Gasteiger partial charge in [0.1, 0.15) is 12.4 Å². The number of nitrogens with zero attached hydrogens (tertiary/aromatic N) is 1. The van der Waals surface area contributed by atoms with Crippen LogP contribution in [0, 0.1) is 0 Å². The Morgan fingerprint density at radius 1 is 1.00 bits per heavy atom. The fourth-order valence-corrected chi connectivity index (χ4v) is 5.22. The van der Waals surface area contributed by atoms with Crippen molar-refractivity contribution in [1.82, 2.24) is 16.1 Å². The van der Waals surface area contributed by atoms with Gasteiger partial charge in [0, 0.05) is 16.3 Å². The summed E-state index contributed by atoms with van der Waals surface area (Å²) in [5.74, 6) is 0.196. The quantitative estimate of drug-likeness (QED) is 0.0890. The second-order valence-corrected chi connectivity index (χ2v) is 10.8. The number of carbonyl (C=O) groups excluding carboxylic acids is 2. The first kappa shape index (κ1) is 33.6. The molecule has 4 rings (SSSR count). The van der Waals surface area contributed by atoms with Crippen LogP contribution in [0.1, 0.15) is 43.5 Å². The maximum atomic E-state index is 12.8. The molecule has 236 valence electrons. The Morgan fingerprint density at radius 3 is 2.56 bits per heavy atom. The minimum Gasteiger partial charge on any atom is -0.490 e. The molecule has 0 aliphatic carbocycles. The summed E-state index contributed by atoms with van der Waals surface area (Å²) >= 11 is 17.9. The molecular weight excluding hydrogens is 639 g/mol. The van der Waals surface area contributed by atoms with Crippen molar-refractivity contribution < 1.29 is 28.5 Å². The van der Waals surface area contributed by atoms with Gasteiger partial charge < -0.3 is 29.6 Å². The Labute approximate surface area is 276 Å². The number of esters is 1. The summed E-state index contributed by atoms with van der Waals surface area (Å²) in [5.41, 5.74) is 5.43. The van der Waals surface area contributed by atoms with Crippen molar-refractivity contribution in [3.05, 3.63) is 98.7 Å². The van der Waals surface area contributed by atoms with Crippen molar-refractivity contribution in [2.24, 2.45) is 5.10 Å². The molecular formula is C32H32Cl2N4O6S. The molecule has 0 radical (unpaired) electrons. The smallest absolute Gasteiger partial charge is 0.338 e. The van der Waals surface area contributed by atoms with Crippen molar-refractivity contribution in [2.45, 2.75) is 33.4 Å². The first-order valence-electron chi connectivity index (χ1n) is 14.0. The number of ether oxygens (including phenoxy) is 4. The van der Waals surface area contributed by atoms with Gasteiger partial charge in [-0.15, -0.1) is 0 Å². The molecule has 3 N–H and O–H groups in total.